The van der Waals surface area contributed by atoms with E-state index in [0.717, 1.165) is 11.1 Å². The molecular weight excluding hydrogens is 176 g/mol. The van der Waals surface area contributed by atoms with E-state index in [1.165, 1.54) is 0 Å². The van der Waals surface area contributed by atoms with Gasteiger partial charge in [-0.25, -0.2) is 4.98 Å². The lowest BCUT2D eigenvalue weighted by Gasteiger charge is -2.09. The van der Waals surface area contributed by atoms with Crippen molar-refractivity contribution in [3.8, 4) is 6.07 Å². The second kappa shape index (κ2) is 4.43. The van der Waals surface area contributed by atoms with E-state index < -0.39 is 0 Å². The first-order valence-corrected chi connectivity index (χ1v) is 4.38. The van der Waals surface area contributed by atoms with Crippen LogP contribution in [0.2, 0.25) is 0 Å². The Balaban J connectivity index is 3.11. The maximum Gasteiger partial charge on any atom is 0.144 e. The standard InChI is InChI=1S/C11H12N2O/c1-4-14-9(3)10-5-6-13-11(7-12)8(10)2/h5-6H,3-4H2,1-2H3. The van der Waals surface area contributed by atoms with Crippen molar-refractivity contribution in [1.82, 2.24) is 4.98 Å². The molecule has 0 aliphatic rings. The maximum absolute atomic E-state index is 8.77. The quantitative estimate of drug-likeness (QED) is 0.683. The molecule has 3 nitrogen and oxygen atoms in total. The molecule has 0 saturated heterocycles. The van der Waals surface area contributed by atoms with E-state index in [-0.39, 0.29) is 0 Å². The van der Waals surface area contributed by atoms with Crippen molar-refractivity contribution in [2.45, 2.75) is 13.8 Å². The Morgan fingerprint density at radius 2 is 2.43 bits per heavy atom. The normalized spacial score (nSPS) is 9.21. The fourth-order valence-electron chi connectivity index (χ4n) is 1.20. The average Bonchev–Trinajstić information content (AvgIpc) is 2.18. The largest absolute Gasteiger partial charge is 0.494 e. The molecule has 0 atom stereocenters. The lowest BCUT2D eigenvalue weighted by atomic mass is 10.1. The van der Waals surface area contributed by atoms with Crippen LogP contribution in [0.15, 0.2) is 18.8 Å². The van der Waals surface area contributed by atoms with Crippen molar-refractivity contribution < 1.29 is 4.74 Å². The van der Waals surface area contributed by atoms with E-state index >= 15 is 0 Å². The van der Waals surface area contributed by atoms with Gasteiger partial charge in [-0.05, 0) is 25.5 Å². The molecule has 1 heterocycles. The predicted molar refractivity (Wildman–Crippen MR) is 54.3 cm³/mol. The summed E-state index contributed by atoms with van der Waals surface area (Å²) < 4.78 is 5.28. The van der Waals surface area contributed by atoms with Crippen molar-refractivity contribution in [2.75, 3.05) is 6.61 Å². The smallest absolute Gasteiger partial charge is 0.144 e. The van der Waals surface area contributed by atoms with E-state index in [2.05, 4.69) is 11.6 Å². The molecular formula is C11H12N2O. The summed E-state index contributed by atoms with van der Waals surface area (Å²) in [6, 6.07) is 3.82. The monoisotopic (exact) mass is 188 g/mol. The Kier molecular flexibility index (Phi) is 3.24. The van der Waals surface area contributed by atoms with Crippen molar-refractivity contribution in [3.63, 3.8) is 0 Å². The summed E-state index contributed by atoms with van der Waals surface area (Å²) in [5, 5.41) is 8.77. The summed E-state index contributed by atoms with van der Waals surface area (Å²) in [4.78, 5) is 3.94. The Morgan fingerprint density at radius 1 is 1.71 bits per heavy atom. The van der Waals surface area contributed by atoms with Gasteiger partial charge in [0.25, 0.3) is 0 Å². The molecule has 0 aliphatic carbocycles. The van der Waals surface area contributed by atoms with Crippen LogP contribution < -0.4 is 0 Å². The van der Waals surface area contributed by atoms with Gasteiger partial charge >= 0.3 is 0 Å². The zero-order valence-electron chi connectivity index (χ0n) is 8.37. The Bertz CT molecular complexity index is 391. The number of pyridine rings is 1. The molecule has 0 radical (unpaired) electrons. The predicted octanol–water partition coefficient (Wildman–Crippen LogP) is 2.27. The zero-order chi connectivity index (χ0) is 10.6. The fourth-order valence-corrected chi connectivity index (χ4v) is 1.20. The number of hydrogen-bond donors (Lipinski definition) is 0. The van der Waals surface area contributed by atoms with Crippen LogP contribution in [-0.2, 0) is 4.74 Å². The number of rotatable bonds is 3. The van der Waals surface area contributed by atoms with Crippen LogP contribution in [0.3, 0.4) is 0 Å². The summed E-state index contributed by atoms with van der Waals surface area (Å²) in [7, 11) is 0. The molecule has 1 rings (SSSR count). The summed E-state index contributed by atoms with van der Waals surface area (Å²) in [6.45, 7) is 8.10. The summed E-state index contributed by atoms with van der Waals surface area (Å²) >= 11 is 0. The van der Waals surface area contributed by atoms with Gasteiger partial charge in [0.2, 0.25) is 0 Å². The van der Waals surface area contributed by atoms with Crippen LogP contribution in [0.4, 0.5) is 0 Å². The SMILES string of the molecule is C=C(OCC)c1ccnc(C#N)c1C. The third-order valence-corrected chi connectivity index (χ3v) is 1.93. The molecule has 0 unspecified atom stereocenters. The van der Waals surface area contributed by atoms with Gasteiger partial charge in [-0.1, -0.05) is 6.58 Å². The highest BCUT2D eigenvalue weighted by molar-refractivity contribution is 5.62. The summed E-state index contributed by atoms with van der Waals surface area (Å²) in [5.41, 5.74) is 2.08. The first-order chi connectivity index (χ1) is 6.70. The van der Waals surface area contributed by atoms with Gasteiger partial charge in [0.15, 0.2) is 0 Å². The average molecular weight is 188 g/mol. The molecule has 0 fully saturated rings. The van der Waals surface area contributed by atoms with E-state index in [1.54, 1.807) is 12.3 Å². The van der Waals surface area contributed by atoms with Crippen LogP contribution in [-0.4, -0.2) is 11.6 Å². The van der Waals surface area contributed by atoms with Crippen LogP contribution in [0.1, 0.15) is 23.7 Å². The number of nitriles is 1. The maximum atomic E-state index is 8.77. The lowest BCUT2D eigenvalue weighted by molar-refractivity contribution is 0.299. The number of nitrogens with zero attached hydrogens (tertiary/aromatic N) is 2. The molecule has 0 bridgehead atoms. The number of hydrogen-bond acceptors (Lipinski definition) is 3. The molecule has 0 N–H and O–H groups in total. The molecule has 0 amide bonds. The number of ether oxygens (including phenoxy) is 1. The van der Waals surface area contributed by atoms with Crippen molar-refractivity contribution in [1.29, 1.82) is 5.26 Å². The van der Waals surface area contributed by atoms with Crippen LogP contribution in [0.25, 0.3) is 5.76 Å². The van der Waals surface area contributed by atoms with Gasteiger partial charge in [-0.15, -0.1) is 0 Å². The van der Waals surface area contributed by atoms with Gasteiger partial charge in [0.05, 0.1) is 6.61 Å². The van der Waals surface area contributed by atoms with Gasteiger partial charge in [0, 0.05) is 11.8 Å². The highest BCUT2D eigenvalue weighted by atomic mass is 16.5. The first kappa shape index (κ1) is 10.3. The molecule has 72 valence electrons. The van der Waals surface area contributed by atoms with E-state index in [0.29, 0.717) is 18.1 Å². The Morgan fingerprint density at radius 3 is 3.00 bits per heavy atom. The van der Waals surface area contributed by atoms with E-state index in [9.17, 15) is 0 Å². The topological polar surface area (TPSA) is 45.9 Å². The zero-order valence-corrected chi connectivity index (χ0v) is 8.37. The fraction of sp³-hybridized carbons (Fsp3) is 0.273. The minimum absolute atomic E-state index is 0.420. The molecule has 0 aromatic carbocycles. The van der Waals surface area contributed by atoms with Gasteiger partial charge in [-0.2, -0.15) is 5.26 Å². The molecule has 14 heavy (non-hydrogen) atoms. The molecule has 1 aromatic heterocycles. The van der Waals surface area contributed by atoms with E-state index in [4.69, 9.17) is 10.00 Å². The third kappa shape index (κ3) is 1.91. The molecule has 1 aromatic rings. The molecule has 0 aliphatic heterocycles. The number of aromatic nitrogens is 1. The highest BCUT2D eigenvalue weighted by Crippen LogP contribution is 2.19. The molecule has 0 saturated carbocycles. The Labute approximate surface area is 83.7 Å². The third-order valence-electron chi connectivity index (χ3n) is 1.93. The van der Waals surface area contributed by atoms with Crippen molar-refractivity contribution >= 4 is 5.76 Å². The van der Waals surface area contributed by atoms with Crippen LogP contribution >= 0.6 is 0 Å². The van der Waals surface area contributed by atoms with Crippen molar-refractivity contribution in [3.05, 3.63) is 35.7 Å². The van der Waals surface area contributed by atoms with Gasteiger partial charge in [-0.3, -0.25) is 0 Å². The minimum Gasteiger partial charge on any atom is -0.494 e. The van der Waals surface area contributed by atoms with Gasteiger partial charge < -0.3 is 4.74 Å². The summed E-state index contributed by atoms with van der Waals surface area (Å²) in [6.07, 6.45) is 1.59. The molecule has 3 heteroatoms. The second-order valence-electron chi connectivity index (χ2n) is 2.80. The van der Waals surface area contributed by atoms with Gasteiger partial charge in [0.1, 0.15) is 17.5 Å². The molecule has 0 spiro atoms. The summed E-state index contributed by atoms with van der Waals surface area (Å²) in [5.74, 6) is 0.587. The van der Waals surface area contributed by atoms with Crippen LogP contribution in [0, 0.1) is 18.3 Å². The van der Waals surface area contributed by atoms with Crippen molar-refractivity contribution in [2.24, 2.45) is 0 Å². The van der Waals surface area contributed by atoms with E-state index in [1.807, 2.05) is 19.9 Å². The Hall–Kier alpha value is -1.82. The first-order valence-electron chi connectivity index (χ1n) is 4.38. The lowest BCUT2D eigenvalue weighted by Crippen LogP contribution is -1.97. The van der Waals surface area contributed by atoms with Crippen LogP contribution in [0.5, 0.6) is 0 Å². The highest BCUT2D eigenvalue weighted by Gasteiger charge is 2.07. The second-order valence-corrected chi connectivity index (χ2v) is 2.80. The minimum atomic E-state index is 0.420.